The smallest absolute Gasteiger partial charge is 0.346 e. The summed E-state index contributed by atoms with van der Waals surface area (Å²) < 4.78 is 46.5. The van der Waals surface area contributed by atoms with E-state index in [-0.39, 0.29) is 11.3 Å². The Hall–Kier alpha value is -4.55. The molecular formula is C26H23FN4O6S. The number of rotatable bonds is 6. The van der Waals surface area contributed by atoms with Crippen LogP contribution in [-0.2, 0) is 16.8 Å². The van der Waals surface area contributed by atoms with Crippen molar-refractivity contribution >= 4 is 15.3 Å². The van der Waals surface area contributed by atoms with Crippen LogP contribution in [0.3, 0.4) is 0 Å². The zero-order chi connectivity index (χ0) is 27.6. The van der Waals surface area contributed by atoms with Crippen LogP contribution in [0.4, 0.5) is 4.39 Å². The van der Waals surface area contributed by atoms with Crippen LogP contribution in [0, 0.1) is 12.7 Å². The second kappa shape index (κ2) is 10.8. The minimum absolute atomic E-state index is 0.0512. The van der Waals surface area contributed by atoms with Gasteiger partial charge in [-0.3, -0.25) is 0 Å². The molecule has 1 aromatic heterocycles. The molecule has 0 aliphatic heterocycles. The normalized spacial score (nSPS) is 11.7. The highest BCUT2D eigenvalue weighted by atomic mass is 32.2. The van der Waals surface area contributed by atoms with Crippen molar-refractivity contribution in [2.45, 2.75) is 19.5 Å². The maximum Gasteiger partial charge on any atom is 0.346 e. The van der Waals surface area contributed by atoms with Gasteiger partial charge in [0.15, 0.2) is 16.6 Å². The van der Waals surface area contributed by atoms with Gasteiger partial charge in [-0.25, -0.2) is 27.9 Å². The molecule has 4 aromatic rings. The zero-order valence-corrected chi connectivity index (χ0v) is 21.2. The first kappa shape index (κ1) is 26.5. The maximum absolute atomic E-state index is 15.3. The molecule has 0 saturated carbocycles. The third-order valence-electron chi connectivity index (χ3n) is 5.97. The molecule has 0 saturated heterocycles. The Bertz CT molecular complexity index is 1830. The predicted molar refractivity (Wildman–Crippen MR) is 140 cm³/mol. The van der Waals surface area contributed by atoms with Crippen LogP contribution in [-0.4, -0.2) is 34.2 Å². The predicted octanol–water partition coefficient (Wildman–Crippen LogP) is 1.22. The number of methoxy groups -OCH3 is 1. The summed E-state index contributed by atoms with van der Waals surface area (Å²) in [6, 6.07) is 17.6. The Kier molecular flexibility index (Phi) is 7.55. The number of nitrogens with two attached hydrogens (primary N) is 1. The standard InChI is InChI=1S/C26H23FN4O6S/c1-16-9-6-7-12-18(16)23(38(35)36)31-25(33)29(15-19(28)17-10-4-3-5-11-17)24(32)30(26(31)34)20-13-8-14-21(37-2)22(20)27/h3-14,19H,15,28H2,1-2H3. The van der Waals surface area contributed by atoms with Gasteiger partial charge in [-0.2, -0.15) is 13.0 Å². The van der Waals surface area contributed by atoms with Crippen LogP contribution in [0.15, 0.2) is 87.2 Å². The van der Waals surface area contributed by atoms with Crippen LogP contribution >= 0.6 is 0 Å². The van der Waals surface area contributed by atoms with Gasteiger partial charge in [-0.15, -0.1) is 0 Å². The Labute approximate surface area is 217 Å². The summed E-state index contributed by atoms with van der Waals surface area (Å²) in [6.45, 7) is 1.16. The number of nitrogens with zero attached hydrogens (tertiary/aromatic N) is 3. The van der Waals surface area contributed by atoms with Gasteiger partial charge in [0.2, 0.25) is 10.3 Å². The highest BCUT2D eigenvalue weighted by molar-refractivity contribution is 7.73. The molecule has 0 amide bonds. The van der Waals surface area contributed by atoms with Gasteiger partial charge in [0.05, 0.1) is 19.3 Å². The number of halogens is 1. The third kappa shape index (κ3) is 4.74. The Morgan fingerprint density at radius 1 is 0.921 bits per heavy atom. The van der Waals surface area contributed by atoms with Crippen molar-refractivity contribution in [1.82, 2.24) is 13.7 Å². The first-order valence-electron chi connectivity index (χ1n) is 11.3. The average molecular weight is 539 g/mol. The quantitative estimate of drug-likeness (QED) is 0.365. The molecule has 0 radical (unpaired) electrons. The minimum Gasteiger partial charge on any atom is -0.494 e. The van der Waals surface area contributed by atoms with Crippen molar-refractivity contribution in [2.24, 2.45) is 5.73 Å². The first-order valence-corrected chi connectivity index (χ1v) is 12.4. The number of hydrogen-bond acceptors (Lipinski definition) is 7. The molecule has 1 atom stereocenters. The fourth-order valence-electron chi connectivity index (χ4n) is 4.05. The maximum atomic E-state index is 15.3. The molecule has 1 heterocycles. The SMILES string of the molecule is COc1cccc(-n2c(=O)n(CC(N)c3ccccc3)c(=O)n(C(c3ccccc3C)=S(=O)=O)c2=O)c1F. The van der Waals surface area contributed by atoms with Crippen LogP contribution in [0.1, 0.15) is 22.7 Å². The van der Waals surface area contributed by atoms with Crippen LogP contribution in [0.5, 0.6) is 5.75 Å². The zero-order valence-electron chi connectivity index (χ0n) is 20.4. The molecule has 1 unspecified atom stereocenters. The molecule has 196 valence electrons. The van der Waals surface area contributed by atoms with Gasteiger partial charge in [-0.05, 0) is 30.2 Å². The highest BCUT2D eigenvalue weighted by Gasteiger charge is 2.26. The number of aryl methyl sites for hydroxylation is 1. The van der Waals surface area contributed by atoms with Gasteiger partial charge in [0.25, 0.3) is 0 Å². The lowest BCUT2D eigenvalue weighted by Crippen LogP contribution is -2.57. The number of aromatic nitrogens is 3. The van der Waals surface area contributed by atoms with Crippen LogP contribution in [0.2, 0.25) is 0 Å². The van der Waals surface area contributed by atoms with E-state index in [1.54, 1.807) is 49.4 Å². The second-order valence-electron chi connectivity index (χ2n) is 8.29. The Balaban J connectivity index is 2.12. The molecule has 2 N–H and O–H groups in total. The summed E-state index contributed by atoms with van der Waals surface area (Å²) in [4.78, 5) is 40.2. The monoisotopic (exact) mass is 538 g/mol. The highest BCUT2D eigenvalue weighted by Crippen LogP contribution is 2.21. The number of ether oxygens (including phenoxy) is 1. The molecule has 12 heteroatoms. The summed E-state index contributed by atoms with van der Waals surface area (Å²) >= 11 is 0. The molecule has 38 heavy (non-hydrogen) atoms. The molecule has 0 aliphatic rings. The summed E-state index contributed by atoms with van der Waals surface area (Å²) in [5.74, 6) is -1.33. The Morgan fingerprint density at radius 3 is 2.21 bits per heavy atom. The minimum atomic E-state index is -3.12. The van der Waals surface area contributed by atoms with E-state index in [4.69, 9.17) is 10.5 Å². The van der Waals surface area contributed by atoms with E-state index in [9.17, 15) is 22.8 Å². The van der Waals surface area contributed by atoms with Crippen molar-refractivity contribution < 1.29 is 17.5 Å². The van der Waals surface area contributed by atoms with E-state index < -0.39 is 56.4 Å². The molecule has 0 aliphatic carbocycles. The van der Waals surface area contributed by atoms with Crippen molar-refractivity contribution in [3.05, 3.63) is 127 Å². The van der Waals surface area contributed by atoms with E-state index in [1.165, 1.54) is 31.4 Å². The molecule has 4 rings (SSSR count). The topological polar surface area (TPSA) is 135 Å². The van der Waals surface area contributed by atoms with E-state index in [0.29, 0.717) is 24.8 Å². The van der Waals surface area contributed by atoms with Crippen molar-refractivity contribution in [3.8, 4) is 11.4 Å². The van der Waals surface area contributed by atoms with Crippen molar-refractivity contribution in [3.63, 3.8) is 0 Å². The lowest BCUT2D eigenvalue weighted by molar-refractivity contribution is 0.384. The van der Waals surface area contributed by atoms with Gasteiger partial charge < -0.3 is 10.5 Å². The van der Waals surface area contributed by atoms with Crippen molar-refractivity contribution in [2.75, 3.05) is 7.11 Å². The number of benzene rings is 3. The summed E-state index contributed by atoms with van der Waals surface area (Å²) in [5.41, 5.74) is 2.99. The fourth-order valence-corrected chi connectivity index (χ4v) is 4.77. The van der Waals surface area contributed by atoms with Gasteiger partial charge in [0.1, 0.15) is 0 Å². The second-order valence-corrected chi connectivity index (χ2v) is 9.15. The third-order valence-corrected chi connectivity index (χ3v) is 6.69. The van der Waals surface area contributed by atoms with Crippen LogP contribution < -0.4 is 27.5 Å². The lowest BCUT2D eigenvalue weighted by Gasteiger charge is -2.18. The largest absolute Gasteiger partial charge is 0.494 e. The summed E-state index contributed by atoms with van der Waals surface area (Å²) in [6.07, 6.45) is 0. The van der Waals surface area contributed by atoms with Gasteiger partial charge >= 0.3 is 17.1 Å². The molecule has 0 fully saturated rings. The average Bonchev–Trinajstić information content (AvgIpc) is 2.91. The van der Waals surface area contributed by atoms with Gasteiger partial charge in [-0.1, -0.05) is 60.7 Å². The molecule has 3 aromatic carbocycles. The van der Waals surface area contributed by atoms with E-state index in [1.807, 2.05) is 0 Å². The lowest BCUT2D eigenvalue weighted by atomic mass is 10.1. The summed E-state index contributed by atoms with van der Waals surface area (Å²) in [7, 11) is -1.92. The molecule has 10 nitrogen and oxygen atoms in total. The number of hydrogen-bond donors (Lipinski definition) is 1. The molecular weight excluding hydrogens is 515 g/mol. The first-order chi connectivity index (χ1) is 18.2. The van der Waals surface area contributed by atoms with E-state index in [0.717, 1.165) is 6.07 Å². The van der Waals surface area contributed by atoms with Crippen molar-refractivity contribution in [1.29, 1.82) is 0 Å². The Morgan fingerprint density at radius 2 is 1.58 bits per heavy atom. The van der Waals surface area contributed by atoms with E-state index in [2.05, 4.69) is 0 Å². The summed E-state index contributed by atoms with van der Waals surface area (Å²) in [5, 5.41) is 0. The molecule has 0 bridgehead atoms. The van der Waals surface area contributed by atoms with E-state index >= 15 is 4.39 Å². The fraction of sp³-hybridized carbons (Fsp3) is 0.154. The van der Waals surface area contributed by atoms with Gasteiger partial charge in [0, 0.05) is 11.6 Å². The molecule has 0 spiro atoms. The van der Waals surface area contributed by atoms with Crippen LogP contribution in [0.25, 0.3) is 5.69 Å².